The highest BCUT2D eigenvalue weighted by Crippen LogP contribution is 2.38. The van der Waals surface area contributed by atoms with Crippen LogP contribution in [0.4, 0.5) is 10.1 Å². The monoisotopic (exact) mass is 447 g/mol. The van der Waals surface area contributed by atoms with Gasteiger partial charge in [-0.05, 0) is 60.7 Å². The molecule has 5 nitrogen and oxygen atoms in total. The summed E-state index contributed by atoms with van der Waals surface area (Å²) in [6, 6.07) is 17.5. The average molecular weight is 448 g/mol. The number of hydrogen-bond acceptors (Lipinski definition) is 3. The van der Waals surface area contributed by atoms with Gasteiger partial charge in [0.1, 0.15) is 21.9 Å². The zero-order valence-electron chi connectivity index (χ0n) is 17.8. The van der Waals surface area contributed by atoms with Gasteiger partial charge in [0.25, 0.3) is 5.91 Å². The lowest BCUT2D eigenvalue weighted by Crippen LogP contribution is -2.64. The van der Waals surface area contributed by atoms with Crippen molar-refractivity contribution in [2.24, 2.45) is 0 Å². The Labute approximate surface area is 189 Å². The van der Waals surface area contributed by atoms with E-state index in [4.69, 9.17) is 0 Å². The first kappa shape index (κ1) is 20.5. The lowest BCUT2D eigenvalue weighted by molar-refractivity contribution is -0.126. The number of amides is 2. The van der Waals surface area contributed by atoms with E-state index in [0.717, 1.165) is 21.3 Å². The quantitative estimate of drug-likeness (QED) is 0.485. The van der Waals surface area contributed by atoms with Crippen LogP contribution in [-0.4, -0.2) is 21.9 Å². The molecule has 2 aromatic carbocycles. The van der Waals surface area contributed by atoms with Gasteiger partial charge in [-0.2, -0.15) is 0 Å². The van der Waals surface area contributed by atoms with Crippen molar-refractivity contribution in [3.05, 3.63) is 88.7 Å². The lowest BCUT2D eigenvalue weighted by Gasteiger charge is -2.44. The van der Waals surface area contributed by atoms with Crippen molar-refractivity contribution in [3.63, 3.8) is 0 Å². The average Bonchev–Trinajstić information content (AvgIpc) is 3.37. The van der Waals surface area contributed by atoms with E-state index in [-0.39, 0.29) is 24.2 Å². The number of aryl methyl sites for hydroxylation is 1. The number of aromatic nitrogens is 1. The Kier molecular flexibility index (Phi) is 4.86. The van der Waals surface area contributed by atoms with Gasteiger partial charge in [-0.1, -0.05) is 30.3 Å². The van der Waals surface area contributed by atoms with Gasteiger partial charge in [-0.25, -0.2) is 4.39 Å². The van der Waals surface area contributed by atoms with E-state index >= 15 is 0 Å². The van der Waals surface area contributed by atoms with E-state index in [1.165, 1.54) is 12.1 Å². The Balaban J connectivity index is 1.57. The summed E-state index contributed by atoms with van der Waals surface area (Å²) in [6.07, 6.45) is 0. The molecular weight excluding hydrogens is 425 g/mol. The number of thiophene rings is 1. The largest absolute Gasteiger partial charge is 0.350 e. The maximum absolute atomic E-state index is 13.8. The topological polar surface area (TPSA) is 54.3 Å². The summed E-state index contributed by atoms with van der Waals surface area (Å²) < 4.78 is 15.2. The van der Waals surface area contributed by atoms with Gasteiger partial charge in [-0.3, -0.25) is 14.5 Å². The molecule has 3 heterocycles. The van der Waals surface area contributed by atoms with Crippen LogP contribution >= 0.6 is 11.3 Å². The van der Waals surface area contributed by atoms with Crippen molar-refractivity contribution in [2.75, 3.05) is 4.90 Å². The predicted octanol–water partition coefficient (Wildman–Crippen LogP) is 4.89. The molecule has 32 heavy (non-hydrogen) atoms. The van der Waals surface area contributed by atoms with E-state index < -0.39 is 5.54 Å². The second-order valence-electron chi connectivity index (χ2n) is 8.31. The summed E-state index contributed by atoms with van der Waals surface area (Å²) in [5, 5.41) is 5.96. The summed E-state index contributed by atoms with van der Waals surface area (Å²) in [7, 11) is 0. The Hall–Kier alpha value is -3.45. The first-order valence-corrected chi connectivity index (χ1v) is 11.3. The first-order valence-electron chi connectivity index (χ1n) is 10.4. The smallest absolute Gasteiger partial charge is 0.275 e. The number of carbonyl (C=O) groups is 2. The molecule has 0 saturated heterocycles. The van der Waals surface area contributed by atoms with Crippen LogP contribution < -0.4 is 10.2 Å². The Bertz CT molecular complexity index is 1340. The molecule has 1 N–H and O–H groups in total. The van der Waals surface area contributed by atoms with Gasteiger partial charge < -0.3 is 9.88 Å². The molecule has 0 fully saturated rings. The molecule has 2 amide bonds. The third-order valence-electron chi connectivity index (χ3n) is 6.10. The van der Waals surface area contributed by atoms with Gasteiger partial charge in [0.2, 0.25) is 5.91 Å². The number of nitrogens with one attached hydrogen (secondary N) is 1. The minimum atomic E-state index is -1.15. The summed E-state index contributed by atoms with van der Waals surface area (Å²) in [4.78, 5) is 30.0. The summed E-state index contributed by atoms with van der Waals surface area (Å²) in [5.41, 5.74) is 1.86. The third-order valence-corrected chi connectivity index (χ3v) is 7.05. The molecule has 1 aliphatic rings. The van der Waals surface area contributed by atoms with Crippen LogP contribution in [0.5, 0.6) is 0 Å². The second-order valence-corrected chi connectivity index (χ2v) is 9.20. The fraction of sp³-hybridized carbons (Fsp3) is 0.200. The van der Waals surface area contributed by atoms with Gasteiger partial charge >= 0.3 is 0 Å². The number of nitrogens with zero attached hydrogens (tertiary/aromatic N) is 2. The molecule has 0 radical (unpaired) electrons. The number of rotatable bonds is 4. The van der Waals surface area contributed by atoms with Crippen molar-refractivity contribution >= 4 is 39.1 Å². The van der Waals surface area contributed by atoms with E-state index in [9.17, 15) is 14.0 Å². The zero-order chi connectivity index (χ0) is 22.5. The van der Waals surface area contributed by atoms with Crippen molar-refractivity contribution in [1.29, 1.82) is 0 Å². The lowest BCUT2D eigenvalue weighted by atomic mass is 9.93. The normalized spacial score (nSPS) is 18.1. The highest BCUT2D eigenvalue weighted by molar-refractivity contribution is 7.16. The van der Waals surface area contributed by atoms with E-state index in [1.54, 1.807) is 35.3 Å². The number of para-hydroxylation sites is 1. The molecule has 1 atom stereocenters. The Morgan fingerprint density at radius 2 is 1.91 bits per heavy atom. The van der Waals surface area contributed by atoms with Crippen LogP contribution in [0.1, 0.15) is 28.5 Å². The summed E-state index contributed by atoms with van der Waals surface area (Å²) >= 11 is 1.56. The molecule has 162 valence electrons. The highest BCUT2D eigenvalue weighted by Gasteiger charge is 2.49. The highest BCUT2D eigenvalue weighted by atomic mass is 32.1. The van der Waals surface area contributed by atoms with Crippen molar-refractivity contribution in [3.8, 4) is 0 Å². The molecule has 7 heteroatoms. The fourth-order valence-corrected chi connectivity index (χ4v) is 5.26. The van der Waals surface area contributed by atoms with Gasteiger partial charge in [0.05, 0.1) is 6.54 Å². The van der Waals surface area contributed by atoms with Gasteiger partial charge in [0, 0.05) is 17.6 Å². The van der Waals surface area contributed by atoms with E-state index in [0.29, 0.717) is 17.9 Å². The van der Waals surface area contributed by atoms with Crippen LogP contribution in [-0.2, 0) is 17.9 Å². The maximum Gasteiger partial charge on any atom is 0.275 e. The van der Waals surface area contributed by atoms with Crippen molar-refractivity contribution < 1.29 is 14.0 Å². The third kappa shape index (κ3) is 3.20. The van der Waals surface area contributed by atoms with Crippen LogP contribution in [0.15, 0.2) is 66.0 Å². The Morgan fingerprint density at radius 1 is 1.16 bits per heavy atom. The maximum atomic E-state index is 13.8. The van der Waals surface area contributed by atoms with Crippen LogP contribution in [0.25, 0.3) is 10.2 Å². The summed E-state index contributed by atoms with van der Waals surface area (Å²) in [6.45, 7) is 4.32. The van der Waals surface area contributed by atoms with Gasteiger partial charge in [0.15, 0.2) is 0 Å². The zero-order valence-corrected chi connectivity index (χ0v) is 18.6. The molecule has 0 saturated carbocycles. The molecule has 0 spiro atoms. The molecule has 1 aliphatic heterocycles. The molecule has 5 rings (SSSR count). The van der Waals surface area contributed by atoms with Crippen LogP contribution in [0.3, 0.4) is 0 Å². The minimum Gasteiger partial charge on any atom is -0.350 e. The molecule has 0 aliphatic carbocycles. The van der Waals surface area contributed by atoms with Crippen LogP contribution in [0.2, 0.25) is 0 Å². The molecule has 1 unspecified atom stereocenters. The number of hydrogen-bond donors (Lipinski definition) is 1. The fourth-order valence-electron chi connectivity index (χ4n) is 4.36. The number of benzene rings is 2. The number of halogens is 1. The van der Waals surface area contributed by atoms with Crippen molar-refractivity contribution in [2.45, 2.75) is 32.5 Å². The number of fused-ring (bicyclic) bond motifs is 3. The predicted molar refractivity (Wildman–Crippen MR) is 124 cm³/mol. The molecule has 0 bridgehead atoms. The van der Waals surface area contributed by atoms with E-state index in [2.05, 4.69) is 5.32 Å². The van der Waals surface area contributed by atoms with Crippen molar-refractivity contribution in [1.82, 2.24) is 9.88 Å². The molecular formula is C25H22FN3O2S. The van der Waals surface area contributed by atoms with Crippen LogP contribution in [0, 0.1) is 12.7 Å². The molecule has 2 aromatic heterocycles. The standard InChI is InChI=1S/C25H22FN3O2S/c1-16-5-3-4-6-20(16)29-22(30)21-13-18-11-12-32-23(18)28(21)15-25(29,2)24(31)27-14-17-7-9-19(26)10-8-17/h3-13H,14-15H2,1-2H3,(H,27,31). The van der Waals surface area contributed by atoms with Gasteiger partial charge in [-0.15, -0.1) is 11.3 Å². The summed E-state index contributed by atoms with van der Waals surface area (Å²) in [5.74, 6) is -0.786. The van der Waals surface area contributed by atoms with E-state index in [1.807, 2.05) is 53.3 Å². The SMILES string of the molecule is Cc1ccccc1N1C(=O)c2cc3ccsc3n2CC1(C)C(=O)NCc1ccc(F)cc1. The number of carbonyl (C=O) groups excluding carboxylic acids is 2. The second kappa shape index (κ2) is 7.60. The first-order chi connectivity index (χ1) is 15.4. The Morgan fingerprint density at radius 3 is 2.66 bits per heavy atom. The minimum absolute atomic E-state index is 0.201. The number of anilines is 1. The molecule has 4 aromatic rings.